The summed E-state index contributed by atoms with van der Waals surface area (Å²) < 4.78 is 82.4. The minimum absolute atomic E-state index is 0.0406. The summed E-state index contributed by atoms with van der Waals surface area (Å²) in [6.07, 6.45) is 0.0818. The van der Waals surface area contributed by atoms with Gasteiger partial charge in [-0.15, -0.1) is 0 Å². The van der Waals surface area contributed by atoms with Gasteiger partial charge in [0.1, 0.15) is 24.6 Å². The van der Waals surface area contributed by atoms with Crippen LogP contribution in [0.5, 0.6) is 0 Å². The Balaban J connectivity index is 0.000000208. The number of allylic oxidation sites excluding steroid dienone is 8. The third-order valence-corrected chi connectivity index (χ3v) is 18.2. The quantitative estimate of drug-likeness (QED) is 0.157. The number of fused-ring (bicyclic) bond motifs is 12. The van der Waals surface area contributed by atoms with E-state index in [9.17, 15) is 44.4 Å². The third-order valence-electron chi connectivity index (χ3n) is 18.2. The molecule has 0 spiro atoms. The van der Waals surface area contributed by atoms with Crippen molar-refractivity contribution in [3.05, 3.63) is 47.6 Å². The molecule has 16 nitrogen and oxygen atoms in total. The summed E-state index contributed by atoms with van der Waals surface area (Å²) >= 11 is 0. The van der Waals surface area contributed by atoms with Crippen molar-refractivity contribution < 1.29 is 96.0 Å². The SMILES string of the molecule is CC(=O)O.CC(=O)O.CC(=O)OCC(=O)[C@@]12OC(C)(C)O[C@@H]1C[C@H]1[C@@H]3C[C@H](F)C4=CC(=O)C=C[C@]4(C)[C@@]3(F)[C@@H](O)C[C@@]12C.C[C@@H]1C[C@H]2[C@@H]3C[C@H](F)C4=CC(=O)C=C[C@]4(C)[C@@]3(F)[C@@H](O)C[C@]2(C)[C@@]1(O)C(=O)CO. The maximum absolute atomic E-state index is 17.3. The number of carbonyl (C=O) groups is 7. The van der Waals surface area contributed by atoms with E-state index in [4.69, 9.17) is 34.0 Å². The van der Waals surface area contributed by atoms with E-state index in [1.807, 2.05) is 0 Å². The first-order chi connectivity index (χ1) is 33.0. The lowest BCUT2D eigenvalue weighted by Crippen LogP contribution is -2.71. The van der Waals surface area contributed by atoms with Crippen LogP contribution in [0, 0.1) is 51.2 Å². The normalized spacial score (nSPS) is 46.4. The smallest absolute Gasteiger partial charge is 0.303 e. The number of esters is 1. The molecule has 18 atom stereocenters. The topological polar surface area (TPSA) is 269 Å². The molecular weight excluding hydrogens is 957 g/mol. The Kier molecular flexibility index (Phi) is 14.8. The molecular formula is C52H68F4O16. The average Bonchev–Trinajstić information content (AvgIpc) is 3.77. The lowest BCUT2D eigenvalue weighted by atomic mass is 9.44. The lowest BCUT2D eigenvalue weighted by molar-refractivity contribution is -0.249. The second-order valence-electron chi connectivity index (χ2n) is 22.5. The molecule has 0 bridgehead atoms. The third kappa shape index (κ3) is 8.10. The van der Waals surface area contributed by atoms with Crippen LogP contribution in [0.3, 0.4) is 0 Å². The number of hydrogen-bond donors (Lipinski definition) is 6. The maximum Gasteiger partial charge on any atom is 0.303 e. The molecule has 0 amide bonds. The summed E-state index contributed by atoms with van der Waals surface area (Å²) in [5, 5.41) is 58.2. The van der Waals surface area contributed by atoms with Crippen molar-refractivity contribution >= 4 is 41.0 Å². The van der Waals surface area contributed by atoms with Crippen LogP contribution in [-0.4, -0.2) is 144 Å². The standard InChI is InChI=1S/C26H32F2O7.C22H28F2O5.2C2H4O2/c1-13(29)33-12-20(32)26-21(34-22(2,3)35-26)10-15-16-9-18(27)17-8-14(30)6-7-23(17,4)25(16,28)19(31)11-24(15,26)5;1-11-6-13-14-8-16(23)15-7-12(26)4-5-19(15,2)21(14,24)17(27)9-20(13,3)22(11,29)18(28)10-25;2*1-2(3)4/h6-8,15-16,18-19,21,31H,9-12H2,1-5H3;4-5,7,11,13-14,16-17,25,27,29H,6,8-10H2,1-3H3;2*1H3,(H,3,4)/t15-,16-,18-,19-,21+,23-,24-,25-,26+;11-,13+,14+,16+,17+,19+,20+,21+,22+;;/m01../s1. The van der Waals surface area contributed by atoms with E-state index in [2.05, 4.69) is 0 Å². The Hall–Kier alpha value is -4.47. The van der Waals surface area contributed by atoms with Crippen molar-refractivity contribution in [2.75, 3.05) is 13.2 Å². The number of ketones is 4. The van der Waals surface area contributed by atoms with E-state index in [1.54, 1.807) is 34.6 Å². The summed E-state index contributed by atoms with van der Waals surface area (Å²) in [4.78, 5) is 79.4. The Morgan fingerprint density at radius 3 is 1.53 bits per heavy atom. The van der Waals surface area contributed by atoms with Gasteiger partial charge in [-0.25, -0.2) is 17.6 Å². The predicted molar refractivity (Wildman–Crippen MR) is 245 cm³/mol. The van der Waals surface area contributed by atoms with Crippen molar-refractivity contribution in [3.8, 4) is 0 Å². The number of ether oxygens (including phenoxy) is 3. The van der Waals surface area contributed by atoms with Gasteiger partial charge >= 0.3 is 5.97 Å². The first kappa shape index (κ1) is 56.8. The monoisotopic (exact) mass is 1020 g/mol. The number of aliphatic carboxylic acids is 2. The molecule has 0 aromatic rings. The number of alkyl halides is 4. The molecule has 0 aromatic carbocycles. The van der Waals surface area contributed by atoms with E-state index in [0.29, 0.717) is 0 Å². The lowest BCUT2D eigenvalue weighted by Gasteiger charge is -2.63. The molecule has 1 aliphatic heterocycles. The first-order valence-electron chi connectivity index (χ1n) is 24.2. The van der Waals surface area contributed by atoms with E-state index in [-0.39, 0.29) is 49.7 Å². The second kappa shape index (κ2) is 18.7. The molecule has 0 unspecified atom stereocenters. The molecule has 0 aromatic heterocycles. The first-order valence-corrected chi connectivity index (χ1v) is 24.2. The number of aliphatic hydroxyl groups excluding tert-OH is 3. The van der Waals surface area contributed by atoms with E-state index in [0.717, 1.165) is 26.0 Å². The van der Waals surface area contributed by atoms with Gasteiger partial charge in [-0.2, -0.15) is 0 Å². The van der Waals surface area contributed by atoms with Crippen LogP contribution < -0.4 is 0 Å². The van der Waals surface area contributed by atoms with Crippen molar-refractivity contribution in [3.63, 3.8) is 0 Å². The molecule has 72 heavy (non-hydrogen) atoms. The van der Waals surface area contributed by atoms with Crippen molar-refractivity contribution in [2.45, 2.75) is 167 Å². The Morgan fingerprint density at radius 1 is 0.694 bits per heavy atom. The van der Waals surface area contributed by atoms with Crippen molar-refractivity contribution in [2.24, 2.45) is 51.2 Å². The molecule has 6 saturated carbocycles. The Bertz CT molecular complexity index is 2400. The number of carbonyl (C=O) groups excluding carboxylic acids is 5. The van der Waals surface area contributed by atoms with E-state index in [1.165, 1.54) is 45.1 Å². The van der Waals surface area contributed by atoms with Gasteiger partial charge in [0.05, 0.1) is 18.3 Å². The zero-order valence-corrected chi connectivity index (χ0v) is 42.2. The summed E-state index contributed by atoms with van der Waals surface area (Å²) in [7, 11) is 0. The molecule has 400 valence electrons. The summed E-state index contributed by atoms with van der Waals surface area (Å²) in [5.74, 6) is -9.14. The highest BCUT2D eigenvalue weighted by Gasteiger charge is 2.81. The molecule has 9 aliphatic rings. The number of carboxylic acids is 2. The van der Waals surface area contributed by atoms with E-state index < -0.39 is 164 Å². The fourth-order valence-electron chi connectivity index (χ4n) is 15.3. The van der Waals surface area contributed by atoms with Crippen LogP contribution >= 0.6 is 0 Å². The minimum atomic E-state index is -2.27. The van der Waals surface area contributed by atoms with Crippen LogP contribution in [0.25, 0.3) is 0 Å². The Morgan fingerprint density at radius 2 is 1.11 bits per heavy atom. The zero-order valence-electron chi connectivity index (χ0n) is 42.2. The number of Topliss-reactive ketones (excluding diaryl/α,β-unsaturated/α-hetero) is 2. The molecule has 6 N–H and O–H groups in total. The number of carboxylic acid groups (broad SMARTS) is 2. The number of aliphatic hydroxyl groups is 4. The molecule has 20 heteroatoms. The minimum Gasteiger partial charge on any atom is -0.481 e. The molecule has 1 saturated heterocycles. The molecule has 1 heterocycles. The van der Waals surface area contributed by atoms with Gasteiger partial charge in [0.25, 0.3) is 11.9 Å². The zero-order chi connectivity index (χ0) is 54.5. The number of hydrogen-bond acceptors (Lipinski definition) is 14. The van der Waals surface area contributed by atoms with Crippen LogP contribution in [0.4, 0.5) is 17.6 Å². The average molecular weight is 1030 g/mol. The summed E-state index contributed by atoms with van der Waals surface area (Å²) in [5.41, 5.74) is -13.3. The fraction of sp³-hybridized carbons (Fsp3) is 0.712. The van der Waals surface area contributed by atoms with Gasteiger partial charge in [0, 0.05) is 54.3 Å². The van der Waals surface area contributed by atoms with Crippen molar-refractivity contribution in [1.82, 2.24) is 0 Å². The van der Waals surface area contributed by atoms with Crippen LogP contribution in [0.15, 0.2) is 47.6 Å². The van der Waals surface area contributed by atoms with Crippen LogP contribution in [0.2, 0.25) is 0 Å². The van der Waals surface area contributed by atoms with Crippen LogP contribution in [-0.2, 0) is 47.8 Å². The van der Waals surface area contributed by atoms with Gasteiger partial charge in [-0.05, 0) is 119 Å². The van der Waals surface area contributed by atoms with Gasteiger partial charge in [0.15, 0.2) is 46.7 Å². The molecule has 0 radical (unpaired) electrons. The van der Waals surface area contributed by atoms with Crippen molar-refractivity contribution in [1.29, 1.82) is 0 Å². The highest BCUT2D eigenvalue weighted by molar-refractivity contribution is 6.02. The Labute approximate surface area is 414 Å². The highest BCUT2D eigenvalue weighted by Crippen LogP contribution is 2.74. The largest absolute Gasteiger partial charge is 0.481 e. The maximum atomic E-state index is 17.3. The predicted octanol–water partition coefficient (Wildman–Crippen LogP) is 4.96. The van der Waals surface area contributed by atoms with Gasteiger partial charge in [-0.1, -0.05) is 32.9 Å². The summed E-state index contributed by atoms with van der Waals surface area (Å²) in [6, 6.07) is 0. The van der Waals surface area contributed by atoms with Crippen LogP contribution in [0.1, 0.15) is 108 Å². The summed E-state index contributed by atoms with van der Waals surface area (Å²) in [6.45, 7) is 13.4. The highest BCUT2D eigenvalue weighted by atomic mass is 19.2. The van der Waals surface area contributed by atoms with Gasteiger partial charge in [0.2, 0.25) is 5.78 Å². The van der Waals surface area contributed by atoms with Gasteiger partial charge in [-0.3, -0.25) is 33.6 Å². The second-order valence-corrected chi connectivity index (χ2v) is 22.5. The molecule has 9 rings (SSSR count). The molecule has 7 fully saturated rings. The van der Waals surface area contributed by atoms with E-state index >= 15 is 17.6 Å². The van der Waals surface area contributed by atoms with Gasteiger partial charge < -0.3 is 44.8 Å². The number of halogens is 4. The molecule has 8 aliphatic carbocycles. The fourth-order valence-corrected chi connectivity index (χ4v) is 15.3. The number of rotatable bonds is 5.